The maximum absolute atomic E-state index is 6.56. The molecule has 2 aliphatic heterocycles. The molecule has 2 heterocycles. The van der Waals surface area contributed by atoms with Gasteiger partial charge in [-0.15, -0.1) is 0 Å². The van der Waals surface area contributed by atoms with Crippen molar-refractivity contribution >= 4 is 17.6 Å². The minimum absolute atomic E-state index is 0.736. The molecule has 0 spiro atoms. The molecule has 0 N–H and O–H groups in total. The highest BCUT2D eigenvalue weighted by atomic mass is 28.5. The molecule has 2 aliphatic rings. The van der Waals surface area contributed by atoms with Crippen LogP contribution < -0.4 is 0 Å². The fraction of sp³-hybridized carbons (Fsp3) is 1.00. The number of nitrogens with zero attached hydrogens (tertiary/aromatic N) is 4. The molecule has 0 aromatic carbocycles. The minimum atomic E-state index is -2.89. The molecule has 29 heavy (non-hydrogen) atoms. The van der Waals surface area contributed by atoms with Gasteiger partial charge in [0.1, 0.15) is 0 Å². The van der Waals surface area contributed by atoms with Crippen LogP contribution in [-0.2, 0) is 21.8 Å². The molecule has 2 rings (SSSR count). The number of likely N-dealkylation sites (N-methyl/N-ethyl adjacent to an activating group) is 2. The zero-order chi connectivity index (χ0) is 21.3. The normalized spacial score (nSPS) is 21.7. The zero-order valence-electron chi connectivity index (χ0n) is 19.3. The molecule has 0 bridgehead atoms. The lowest BCUT2D eigenvalue weighted by atomic mass is 10.3. The van der Waals surface area contributed by atoms with Gasteiger partial charge in [-0.1, -0.05) is 0 Å². The van der Waals surface area contributed by atoms with Crippen LogP contribution in [0.5, 0.6) is 0 Å². The highest BCUT2D eigenvalue weighted by Gasteiger charge is 2.52. The van der Waals surface area contributed by atoms with Crippen molar-refractivity contribution in [3.8, 4) is 0 Å². The summed E-state index contributed by atoms with van der Waals surface area (Å²) in [5, 5.41) is 0. The molecule has 0 saturated carbocycles. The van der Waals surface area contributed by atoms with Crippen molar-refractivity contribution in [3.63, 3.8) is 0 Å². The van der Waals surface area contributed by atoms with Gasteiger partial charge in [-0.2, -0.15) is 0 Å². The van der Waals surface area contributed by atoms with E-state index in [1.54, 1.807) is 28.4 Å². The fourth-order valence-electron chi connectivity index (χ4n) is 3.81. The standard InChI is InChI=1S/C18H42N4O5Si2/c1-19-7-11-21(12-8-19)15-17-28(23-3,24-4)27-29(25-5,26-6)18-16-22-13-9-20(2)10-14-22/h7-18H2,1-6H3. The van der Waals surface area contributed by atoms with Crippen molar-refractivity contribution < 1.29 is 21.8 Å². The molecular weight excluding hydrogens is 408 g/mol. The Morgan fingerprint density at radius 3 is 1.14 bits per heavy atom. The van der Waals surface area contributed by atoms with Gasteiger partial charge < -0.3 is 41.4 Å². The second-order valence-corrected chi connectivity index (χ2v) is 14.3. The molecule has 2 fully saturated rings. The number of hydrogen-bond acceptors (Lipinski definition) is 9. The van der Waals surface area contributed by atoms with Crippen molar-refractivity contribution in [1.82, 2.24) is 19.6 Å². The molecule has 2 saturated heterocycles. The third kappa shape index (κ3) is 7.61. The number of piperazine rings is 2. The molecule has 0 atom stereocenters. The van der Waals surface area contributed by atoms with Gasteiger partial charge in [0.15, 0.2) is 0 Å². The van der Waals surface area contributed by atoms with Crippen LogP contribution in [0.4, 0.5) is 0 Å². The van der Waals surface area contributed by atoms with Crippen LogP contribution in [0, 0.1) is 0 Å². The summed E-state index contributed by atoms with van der Waals surface area (Å²) < 4.78 is 30.1. The predicted octanol–water partition coefficient (Wildman–Crippen LogP) is -0.0388. The Bertz CT molecular complexity index is 416. The molecule has 0 radical (unpaired) electrons. The van der Waals surface area contributed by atoms with Gasteiger partial charge in [-0.05, 0) is 14.1 Å². The summed E-state index contributed by atoms with van der Waals surface area (Å²) in [7, 11) is 5.30. The van der Waals surface area contributed by atoms with Gasteiger partial charge in [0.05, 0.1) is 0 Å². The average molecular weight is 451 g/mol. The Morgan fingerprint density at radius 2 is 0.862 bits per heavy atom. The van der Waals surface area contributed by atoms with Gasteiger partial charge in [-0.25, -0.2) is 0 Å². The third-order valence-electron chi connectivity index (χ3n) is 6.22. The van der Waals surface area contributed by atoms with Gasteiger partial charge in [0, 0.05) is 106 Å². The topological polar surface area (TPSA) is 59.1 Å². The second kappa shape index (κ2) is 12.2. The quantitative estimate of drug-likeness (QED) is 0.381. The first-order chi connectivity index (χ1) is 13.9. The molecule has 0 unspecified atom stereocenters. The predicted molar refractivity (Wildman–Crippen MR) is 118 cm³/mol. The maximum Gasteiger partial charge on any atom is 0.494 e. The van der Waals surface area contributed by atoms with Crippen LogP contribution in [0.1, 0.15) is 0 Å². The Balaban J connectivity index is 1.95. The summed E-state index contributed by atoms with van der Waals surface area (Å²) in [6, 6.07) is 1.47. The van der Waals surface area contributed by atoms with Crippen molar-refractivity contribution in [3.05, 3.63) is 0 Å². The van der Waals surface area contributed by atoms with E-state index in [1.807, 2.05) is 0 Å². The van der Waals surface area contributed by atoms with E-state index in [2.05, 4.69) is 33.7 Å². The highest BCUT2D eigenvalue weighted by Crippen LogP contribution is 2.25. The largest absolute Gasteiger partial charge is 0.494 e. The van der Waals surface area contributed by atoms with Crippen molar-refractivity contribution in [1.29, 1.82) is 0 Å². The van der Waals surface area contributed by atoms with E-state index in [-0.39, 0.29) is 0 Å². The lowest BCUT2D eigenvalue weighted by Crippen LogP contribution is -2.59. The number of hydrogen-bond donors (Lipinski definition) is 0. The summed E-state index contributed by atoms with van der Waals surface area (Å²) in [5.74, 6) is 0. The Labute approximate surface area is 179 Å². The zero-order valence-corrected chi connectivity index (χ0v) is 21.3. The first-order valence-corrected chi connectivity index (χ1v) is 14.5. The van der Waals surface area contributed by atoms with Crippen molar-refractivity contribution in [2.24, 2.45) is 0 Å². The van der Waals surface area contributed by atoms with Crippen LogP contribution >= 0.6 is 0 Å². The molecule has 0 amide bonds. The van der Waals surface area contributed by atoms with Gasteiger partial charge in [-0.3, -0.25) is 0 Å². The summed E-state index contributed by atoms with van der Waals surface area (Å²) >= 11 is 0. The summed E-state index contributed by atoms with van der Waals surface area (Å²) in [5.41, 5.74) is 0. The Kier molecular flexibility index (Phi) is 10.7. The van der Waals surface area contributed by atoms with E-state index in [0.29, 0.717) is 0 Å². The molecule has 0 aromatic rings. The molecule has 0 aromatic heterocycles. The third-order valence-corrected chi connectivity index (χ3v) is 12.9. The van der Waals surface area contributed by atoms with E-state index in [4.69, 9.17) is 21.8 Å². The first kappa shape index (κ1) is 25.3. The fourth-order valence-corrected chi connectivity index (χ4v) is 10.2. The second-order valence-electron chi connectivity index (χ2n) is 8.07. The van der Waals surface area contributed by atoms with Gasteiger partial charge in [0.25, 0.3) is 0 Å². The van der Waals surface area contributed by atoms with E-state index in [9.17, 15) is 0 Å². The summed E-state index contributed by atoms with van der Waals surface area (Å²) in [4.78, 5) is 9.62. The highest BCUT2D eigenvalue weighted by molar-refractivity contribution is 6.75. The lowest BCUT2D eigenvalue weighted by molar-refractivity contribution is 0.0773. The van der Waals surface area contributed by atoms with Crippen LogP contribution in [0.15, 0.2) is 0 Å². The molecule has 172 valence electrons. The van der Waals surface area contributed by atoms with Crippen LogP contribution in [0.3, 0.4) is 0 Å². The summed E-state index contributed by atoms with van der Waals surface area (Å²) in [6.07, 6.45) is 0. The van der Waals surface area contributed by atoms with Crippen molar-refractivity contribution in [2.45, 2.75) is 12.1 Å². The Morgan fingerprint density at radius 1 is 0.552 bits per heavy atom. The molecule has 9 nitrogen and oxygen atoms in total. The molecule has 11 heteroatoms. The Hall–Kier alpha value is 0.0738. The van der Waals surface area contributed by atoms with E-state index in [0.717, 1.165) is 77.5 Å². The van der Waals surface area contributed by atoms with Crippen molar-refractivity contribution in [2.75, 3.05) is 108 Å². The van der Waals surface area contributed by atoms with Crippen LogP contribution in [0.25, 0.3) is 0 Å². The van der Waals surface area contributed by atoms with Gasteiger partial charge >= 0.3 is 17.6 Å². The maximum atomic E-state index is 6.56. The molecular formula is C18H42N4O5Si2. The van der Waals surface area contributed by atoms with Gasteiger partial charge in [0.2, 0.25) is 0 Å². The van der Waals surface area contributed by atoms with Crippen LogP contribution in [-0.4, -0.2) is 145 Å². The monoisotopic (exact) mass is 450 g/mol. The average Bonchev–Trinajstić information content (AvgIpc) is 2.76. The summed E-state index contributed by atoms with van der Waals surface area (Å²) in [6.45, 7) is 10.4. The van der Waals surface area contributed by atoms with E-state index < -0.39 is 17.6 Å². The minimum Gasteiger partial charge on any atom is -0.377 e. The number of rotatable bonds is 12. The van der Waals surface area contributed by atoms with E-state index >= 15 is 0 Å². The molecule has 0 aliphatic carbocycles. The first-order valence-electron chi connectivity index (χ1n) is 10.6. The smallest absolute Gasteiger partial charge is 0.377 e. The van der Waals surface area contributed by atoms with E-state index in [1.165, 1.54) is 0 Å². The SMILES string of the molecule is CO[Si](CCN1CCN(C)CC1)(OC)O[Si](CCN1CCN(C)CC1)(OC)OC. The van der Waals surface area contributed by atoms with Crippen LogP contribution in [0.2, 0.25) is 12.1 Å². The lowest BCUT2D eigenvalue weighted by Gasteiger charge is -2.39.